The lowest BCUT2D eigenvalue weighted by Crippen LogP contribution is -2.11. The van der Waals surface area contributed by atoms with Gasteiger partial charge in [0.15, 0.2) is 0 Å². The first-order chi connectivity index (χ1) is 9.84. The average Bonchev–Trinajstić information content (AvgIpc) is 2.45. The highest BCUT2D eigenvalue weighted by atomic mass is 19.4. The Bertz CT molecular complexity index is 677. The number of hydrogen-bond donors (Lipinski definition) is 0. The lowest BCUT2D eigenvalue weighted by atomic mass is 9.97. The SMILES string of the molecule is CCc1cccnc1C(=O)c1ccc(C(F)(F)F)cc1C. The molecular formula is C16H14F3NO. The zero-order chi connectivity index (χ0) is 15.6. The number of alkyl halides is 3. The fourth-order valence-electron chi connectivity index (χ4n) is 2.15. The number of carbonyl (C=O) groups excluding carboxylic acids is 1. The molecule has 0 aliphatic rings. The highest BCUT2D eigenvalue weighted by Gasteiger charge is 2.31. The van der Waals surface area contributed by atoms with Gasteiger partial charge in [0.2, 0.25) is 5.78 Å². The van der Waals surface area contributed by atoms with Gasteiger partial charge in [0, 0.05) is 11.8 Å². The first kappa shape index (κ1) is 15.2. The minimum atomic E-state index is -4.41. The van der Waals surface area contributed by atoms with Crippen LogP contribution in [0.4, 0.5) is 13.2 Å². The quantitative estimate of drug-likeness (QED) is 0.794. The predicted molar refractivity (Wildman–Crippen MR) is 73.2 cm³/mol. The van der Waals surface area contributed by atoms with Crippen molar-refractivity contribution in [3.05, 3.63) is 64.5 Å². The molecule has 0 amide bonds. The van der Waals surface area contributed by atoms with Crippen LogP contribution in [0.2, 0.25) is 0 Å². The molecule has 0 atom stereocenters. The van der Waals surface area contributed by atoms with Crippen LogP contribution in [0.25, 0.3) is 0 Å². The smallest absolute Gasteiger partial charge is 0.287 e. The molecule has 1 aromatic heterocycles. The van der Waals surface area contributed by atoms with Crippen LogP contribution in [0.1, 0.15) is 39.7 Å². The Kier molecular flexibility index (Phi) is 4.11. The zero-order valence-electron chi connectivity index (χ0n) is 11.7. The molecule has 0 aliphatic heterocycles. The molecule has 2 nitrogen and oxygen atoms in total. The summed E-state index contributed by atoms with van der Waals surface area (Å²) in [5.74, 6) is -0.348. The van der Waals surface area contributed by atoms with Crippen molar-refractivity contribution in [1.29, 1.82) is 0 Å². The van der Waals surface area contributed by atoms with E-state index in [0.717, 1.165) is 17.7 Å². The van der Waals surface area contributed by atoms with Crippen LogP contribution in [0.3, 0.4) is 0 Å². The van der Waals surface area contributed by atoms with Crippen molar-refractivity contribution in [3.8, 4) is 0 Å². The minimum absolute atomic E-state index is 0.247. The van der Waals surface area contributed by atoms with Gasteiger partial charge >= 0.3 is 6.18 Å². The van der Waals surface area contributed by atoms with E-state index in [9.17, 15) is 18.0 Å². The van der Waals surface area contributed by atoms with E-state index in [1.165, 1.54) is 19.2 Å². The summed E-state index contributed by atoms with van der Waals surface area (Å²) in [6, 6.07) is 6.65. The molecule has 110 valence electrons. The van der Waals surface area contributed by atoms with E-state index in [1.807, 2.05) is 6.92 Å². The number of ketones is 1. The van der Waals surface area contributed by atoms with Crippen LogP contribution in [-0.2, 0) is 12.6 Å². The van der Waals surface area contributed by atoms with E-state index >= 15 is 0 Å². The maximum Gasteiger partial charge on any atom is 0.416 e. The molecule has 21 heavy (non-hydrogen) atoms. The number of aryl methyl sites for hydroxylation is 2. The van der Waals surface area contributed by atoms with Gasteiger partial charge in [-0.15, -0.1) is 0 Å². The number of hydrogen-bond acceptors (Lipinski definition) is 2. The van der Waals surface area contributed by atoms with E-state index in [2.05, 4.69) is 4.98 Å². The van der Waals surface area contributed by atoms with Gasteiger partial charge in [0.1, 0.15) is 5.69 Å². The number of nitrogens with zero attached hydrogens (tertiary/aromatic N) is 1. The summed E-state index contributed by atoms with van der Waals surface area (Å²) in [7, 11) is 0. The van der Waals surface area contributed by atoms with Gasteiger partial charge in [-0.2, -0.15) is 13.2 Å². The zero-order valence-corrected chi connectivity index (χ0v) is 11.7. The van der Waals surface area contributed by atoms with Crippen LogP contribution < -0.4 is 0 Å². The Hall–Kier alpha value is -2.17. The summed E-state index contributed by atoms with van der Waals surface area (Å²) < 4.78 is 37.9. The normalized spacial score (nSPS) is 11.5. The van der Waals surface area contributed by atoms with Gasteiger partial charge in [0.25, 0.3) is 0 Å². The summed E-state index contributed by atoms with van der Waals surface area (Å²) in [5, 5.41) is 0. The number of benzene rings is 1. The summed E-state index contributed by atoms with van der Waals surface area (Å²) in [6.45, 7) is 3.39. The van der Waals surface area contributed by atoms with E-state index in [-0.39, 0.29) is 11.3 Å². The van der Waals surface area contributed by atoms with E-state index in [0.29, 0.717) is 17.7 Å². The third kappa shape index (κ3) is 3.12. The second-order valence-corrected chi connectivity index (χ2v) is 4.72. The second kappa shape index (κ2) is 5.68. The molecule has 0 N–H and O–H groups in total. The van der Waals surface area contributed by atoms with Gasteiger partial charge in [0.05, 0.1) is 5.56 Å². The van der Waals surface area contributed by atoms with Crippen molar-refractivity contribution in [1.82, 2.24) is 4.98 Å². The first-order valence-electron chi connectivity index (χ1n) is 6.51. The van der Waals surface area contributed by atoms with Crippen LogP contribution in [-0.4, -0.2) is 10.8 Å². The molecule has 1 aromatic carbocycles. The third-order valence-electron chi connectivity index (χ3n) is 3.29. The molecule has 0 unspecified atom stereocenters. The van der Waals surface area contributed by atoms with E-state index < -0.39 is 11.7 Å². The molecule has 0 aliphatic carbocycles. The van der Waals surface area contributed by atoms with E-state index in [1.54, 1.807) is 12.1 Å². The van der Waals surface area contributed by atoms with Gasteiger partial charge in [-0.25, -0.2) is 0 Å². The Morgan fingerprint density at radius 3 is 2.52 bits per heavy atom. The number of aromatic nitrogens is 1. The van der Waals surface area contributed by atoms with E-state index in [4.69, 9.17) is 0 Å². The van der Waals surface area contributed by atoms with Crippen molar-refractivity contribution < 1.29 is 18.0 Å². The molecule has 5 heteroatoms. The van der Waals surface area contributed by atoms with Crippen molar-refractivity contribution >= 4 is 5.78 Å². The first-order valence-corrected chi connectivity index (χ1v) is 6.51. The van der Waals surface area contributed by atoms with Crippen LogP contribution >= 0.6 is 0 Å². The highest BCUT2D eigenvalue weighted by Crippen LogP contribution is 2.31. The number of halogens is 3. The Balaban J connectivity index is 2.45. The standard InChI is InChI=1S/C16H14F3NO/c1-3-11-5-4-8-20-14(11)15(21)13-7-6-12(9-10(13)2)16(17,18)19/h4-9H,3H2,1-2H3. The summed E-state index contributed by atoms with van der Waals surface area (Å²) >= 11 is 0. The van der Waals surface area contributed by atoms with Crippen LogP contribution in [0.5, 0.6) is 0 Å². The molecular weight excluding hydrogens is 279 g/mol. The maximum atomic E-state index is 12.6. The van der Waals surface area contributed by atoms with Crippen molar-refractivity contribution in [2.75, 3.05) is 0 Å². The van der Waals surface area contributed by atoms with Gasteiger partial charge in [-0.1, -0.05) is 19.1 Å². The van der Waals surface area contributed by atoms with Crippen molar-refractivity contribution in [2.45, 2.75) is 26.4 Å². The summed E-state index contributed by atoms with van der Waals surface area (Å²) in [6.07, 6.45) is -2.27. The van der Waals surface area contributed by atoms with Crippen molar-refractivity contribution in [2.24, 2.45) is 0 Å². The Morgan fingerprint density at radius 1 is 1.24 bits per heavy atom. The number of carbonyl (C=O) groups is 1. The molecule has 0 bridgehead atoms. The maximum absolute atomic E-state index is 12.6. The lowest BCUT2D eigenvalue weighted by Gasteiger charge is -2.11. The molecule has 0 fully saturated rings. The van der Waals surface area contributed by atoms with Crippen molar-refractivity contribution in [3.63, 3.8) is 0 Å². The second-order valence-electron chi connectivity index (χ2n) is 4.72. The molecule has 0 spiro atoms. The monoisotopic (exact) mass is 293 g/mol. The lowest BCUT2D eigenvalue weighted by molar-refractivity contribution is -0.137. The average molecular weight is 293 g/mol. The van der Waals surface area contributed by atoms with Crippen LogP contribution in [0, 0.1) is 6.92 Å². The molecule has 0 saturated carbocycles. The molecule has 0 saturated heterocycles. The minimum Gasteiger partial charge on any atom is -0.287 e. The summed E-state index contributed by atoms with van der Waals surface area (Å²) in [5.41, 5.74) is 0.858. The number of pyridine rings is 1. The highest BCUT2D eigenvalue weighted by molar-refractivity contribution is 6.09. The summed E-state index contributed by atoms with van der Waals surface area (Å²) in [4.78, 5) is 16.5. The number of rotatable bonds is 3. The molecule has 1 heterocycles. The Morgan fingerprint density at radius 2 is 1.95 bits per heavy atom. The fourth-order valence-corrected chi connectivity index (χ4v) is 2.15. The van der Waals surface area contributed by atoms with Crippen LogP contribution in [0.15, 0.2) is 36.5 Å². The topological polar surface area (TPSA) is 30.0 Å². The molecule has 0 radical (unpaired) electrons. The largest absolute Gasteiger partial charge is 0.416 e. The third-order valence-corrected chi connectivity index (χ3v) is 3.29. The predicted octanol–water partition coefficient (Wildman–Crippen LogP) is 4.20. The van der Waals surface area contributed by atoms with Gasteiger partial charge in [-0.05, 0) is 42.7 Å². The Labute approximate surface area is 120 Å². The van der Waals surface area contributed by atoms with Gasteiger partial charge in [-0.3, -0.25) is 9.78 Å². The molecule has 2 aromatic rings. The van der Waals surface area contributed by atoms with Gasteiger partial charge < -0.3 is 0 Å². The fraction of sp³-hybridized carbons (Fsp3) is 0.250. The molecule has 2 rings (SSSR count).